The zero-order chi connectivity index (χ0) is 27.5. The fraction of sp³-hybridized carbons (Fsp3) is 0.556. The van der Waals surface area contributed by atoms with Crippen LogP contribution in [0.1, 0.15) is 53.9 Å². The van der Waals surface area contributed by atoms with Gasteiger partial charge in [0, 0.05) is 38.3 Å². The van der Waals surface area contributed by atoms with E-state index in [-0.39, 0.29) is 61.2 Å². The summed E-state index contributed by atoms with van der Waals surface area (Å²) in [5, 5.41) is 12.0. The molecule has 0 radical (unpaired) electrons. The molecule has 1 saturated carbocycles. The zero-order valence-corrected chi connectivity index (χ0v) is 21.7. The van der Waals surface area contributed by atoms with Crippen molar-refractivity contribution in [2.45, 2.75) is 50.4 Å². The first-order valence-electron chi connectivity index (χ1n) is 13.5. The number of carbonyl (C=O) groups excluding carboxylic acids is 1. The van der Waals surface area contributed by atoms with Gasteiger partial charge in [-0.15, -0.1) is 0 Å². The lowest BCUT2D eigenvalue weighted by molar-refractivity contribution is -0.138. The molecule has 3 aliphatic rings. The molecule has 4 N–H and O–H groups in total. The van der Waals surface area contributed by atoms with Gasteiger partial charge in [-0.3, -0.25) is 14.5 Å². The van der Waals surface area contributed by atoms with E-state index in [0.717, 1.165) is 25.7 Å². The highest BCUT2D eigenvalue weighted by Gasteiger charge is 2.33. The maximum atomic E-state index is 13.5. The van der Waals surface area contributed by atoms with E-state index in [1.165, 1.54) is 5.56 Å². The highest BCUT2D eigenvalue weighted by molar-refractivity contribution is 6.10. The van der Waals surface area contributed by atoms with Gasteiger partial charge in [-0.2, -0.15) is 9.97 Å². The molecular weight excluding hydrogens is 510 g/mol. The van der Waals surface area contributed by atoms with Crippen LogP contribution in [0.25, 0.3) is 0 Å². The van der Waals surface area contributed by atoms with Gasteiger partial charge in [0.05, 0.1) is 6.54 Å². The van der Waals surface area contributed by atoms with Crippen LogP contribution in [0, 0.1) is 5.92 Å². The van der Waals surface area contributed by atoms with Gasteiger partial charge in [0.15, 0.2) is 0 Å². The van der Waals surface area contributed by atoms with Crippen LogP contribution in [0.3, 0.4) is 0 Å². The molecule has 1 amide bonds. The Balaban J connectivity index is 1.22. The average Bonchev–Trinajstić information content (AvgIpc) is 3.12. The number of fused-ring (bicyclic) bond motifs is 1. The van der Waals surface area contributed by atoms with Crippen LogP contribution in [0.5, 0.6) is 5.88 Å². The van der Waals surface area contributed by atoms with Gasteiger partial charge in [-0.25, -0.2) is 8.78 Å². The summed E-state index contributed by atoms with van der Waals surface area (Å²) in [7, 11) is 0. The lowest BCUT2D eigenvalue weighted by Crippen LogP contribution is -2.33. The van der Waals surface area contributed by atoms with Crippen molar-refractivity contribution in [3.8, 4) is 5.88 Å². The van der Waals surface area contributed by atoms with Crippen molar-refractivity contribution in [2.75, 3.05) is 55.3 Å². The van der Waals surface area contributed by atoms with E-state index in [1.54, 1.807) is 9.80 Å². The number of carboxylic acids is 1. The number of anilines is 3. The molecule has 2 aliphatic heterocycles. The van der Waals surface area contributed by atoms with Gasteiger partial charge in [-0.1, -0.05) is 12.1 Å². The molecule has 10 nitrogen and oxygen atoms in total. The van der Waals surface area contributed by atoms with Gasteiger partial charge in [-0.05, 0) is 55.2 Å². The second-order valence-corrected chi connectivity index (χ2v) is 10.5. The molecular formula is C27H34F2N6O4. The van der Waals surface area contributed by atoms with Crippen molar-refractivity contribution in [1.82, 2.24) is 14.9 Å². The number of aromatic nitrogens is 2. The van der Waals surface area contributed by atoms with E-state index in [2.05, 4.69) is 15.3 Å². The monoisotopic (exact) mass is 544 g/mol. The Bertz CT molecular complexity index is 1180. The fourth-order valence-electron chi connectivity index (χ4n) is 5.74. The number of carboxylic acid groups (broad SMARTS) is 1. The summed E-state index contributed by atoms with van der Waals surface area (Å²) in [5.74, 6) is -0.193. The van der Waals surface area contributed by atoms with Crippen LogP contribution < -0.4 is 20.7 Å². The number of amides is 1. The molecule has 1 aliphatic carbocycles. The first kappa shape index (κ1) is 27.0. The number of aliphatic carboxylic acids is 1. The van der Waals surface area contributed by atoms with E-state index in [4.69, 9.17) is 15.6 Å². The summed E-state index contributed by atoms with van der Waals surface area (Å²) in [6, 6.07) is 7.88. The number of nitrogens with one attached hydrogen (secondary N) is 1. The number of rotatable bonds is 8. The molecule has 2 fully saturated rings. The molecule has 0 spiro atoms. The molecule has 210 valence electrons. The van der Waals surface area contributed by atoms with Crippen LogP contribution in [-0.2, 0) is 4.79 Å². The van der Waals surface area contributed by atoms with Crippen molar-refractivity contribution in [3.63, 3.8) is 0 Å². The van der Waals surface area contributed by atoms with E-state index >= 15 is 0 Å². The summed E-state index contributed by atoms with van der Waals surface area (Å²) in [6.07, 6.45) is 1.02. The number of likely N-dealkylation sites (tertiary alicyclic amines) is 1. The first-order valence-corrected chi connectivity index (χ1v) is 13.5. The standard InChI is InChI=1S/C27H34F2N6O4/c28-20-14-34(15-21(20)29)10-9-31-27-32-24(30)23-25(33-27)39-12-11-35(26(23)38)19-7-5-18(6-8-19)17-3-1-16(2-4-17)13-22(36)37/h5-8,16-17,20-21H,1-4,9-15H2,(H,36,37)(H3,30,31,32,33)/t16?,17?,20-,21-/m0/s1. The molecule has 1 aromatic heterocycles. The van der Waals surface area contributed by atoms with Crippen molar-refractivity contribution < 1.29 is 28.2 Å². The molecule has 5 rings (SSSR count). The van der Waals surface area contributed by atoms with Crippen LogP contribution in [0.2, 0.25) is 0 Å². The second kappa shape index (κ2) is 11.7. The SMILES string of the molecule is Nc1nc(NCCN2C[C@H](F)[C@@H](F)C2)nc2c1C(=O)N(c1ccc(C3CCC(CC(=O)O)CC3)cc1)CCO2. The number of nitrogens with zero attached hydrogens (tertiary/aromatic N) is 4. The summed E-state index contributed by atoms with van der Waals surface area (Å²) in [5.41, 5.74) is 8.16. The highest BCUT2D eigenvalue weighted by atomic mass is 19.2. The van der Waals surface area contributed by atoms with Crippen molar-refractivity contribution >= 4 is 29.3 Å². The minimum atomic E-state index is -1.46. The summed E-state index contributed by atoms with van der Waals surface area (Å²) in [6.45, 7) is 1.39. The molecule has 0 unspecified atom stereocenters. The topological polar surface area (TPSA) is 134 Å². The number of ether oxygens (including phenoxy) is 1. The Morgan fingerprint density at radius 1 is 1.10 bits per heavy atom. The van der Waals surface area contributed by atoms with E-state index in [9.17, 15) is 18.4 Å². The van der Waals surface area contributed by atoms with Crippen LogP contribution in [-0.4, -0.2) is 83.5 Å². The summed E-state index contributed by atoms with van der Waals surface area (Å²) < 4.78 is 32.6. The smallest absolute Gasteiger partial charge is 0.303 e. The second-order valence-electron chi connectivity index (χ2n) is 10.5. The maximum Gasteiger partial charge on any atom is 0.303 e. The molecule has 2 atom stereocenters. The predicted molar refractivity (Wildman–Crippen MR) is 142 cm³/mol. The zero-order valence-electron chi connectivity index (χ0n) is 21.7. The third kappa shape index (κ3) is 6.21. The number of nitrogen functional groups attached to an aromatic ring is 1. The average molecular weight is 545 g/mol. The minimum absolute atomic E-state index is 0.0112. The maximum absolute atomic E-state index is 13.5. The first-order chi connectivity index (χ1) is 18.8. The molecule has 0 bridgehead atoms. The number of nitrogens with two attached hydrogens (primary N) is 1. The van der Waals surface area contributed by atoms with Gasteiger partial charge in [0.1, 0.15) is 30.3 Å². The van der Waals surface area contributed by atoms with Gasteiger partial charge >= 0.3 is 5.97 Å². The van der Waals surface area contributed by atoms with Crippen molar-refractivity contribution in [1.29, 1.82) is 0 Å². The van der Waals surface area contributed by atoms with E-state index in [1.807, 2.05) is 24.3 Å². The quantitative estimate of drug-likeness (QED) is 0.458. The Kier molecular flexibility index (Phi) is 8.10. The third-order valence-corrected chi connectivity index (χ3v) is 7.87. The number of alkyl halides is 2. The number of hydrogen-bond donors (Lipinski definition) is 3. The lowest BCUT2D eigenvalue weighted by atomic mass is 9.77. The Hall–Kier alpha value is -3.54. The summed E-state index contributed by atoms with van der Waals surface area (Å²) >= 11 is 0. The van der Waals surface area contributed by atoms with Crippen molar-refractivity contribution in [3.05, 3.63) is 35.4 Å². The molecule has 3 heterocycles. The normalized spacial score (nSPS) is 25.6. The van der Waals surface area contributed by atoms with E-state index < -0.39 is 18.3 Å². The predicted octanol–water partition coefficient (Wildman–Crippen LogP) is 3.25. The Morgan fingerprint density at radius 3 is 2.46 bits per heavy atom. The molecule has 1 aromatic carbocycles. The third-order valence-electron chi connectivity index (χ3n) is 7.87. The molecule has 2 aromatic rings. The molecule has 39 heavy (non-hydrogen) atoms. The molecule has 12 heteroatoms. The Morgan fingerprint density at radius 2 is 1.79 bits per heavy atom. The summed E-state index contributed by atoms with van der Waals surface area (Å²) in [4.78, 5) is 36.3. The fourth-order valence-corrected chi connectivity index (χ4v) is 5.74. The number of hydrogen-bond acceptors (Lipinski definition) is 8. The minimum Gasteiger partial charge on any atom is -0.481 e. The number of halogens is 2. The molecule has 1 saturated heterocycles. The van der Waals surface area contributed by atoms with Crippen molar-refractivity contribution in [2.24, 2.45) is 5.92 Å². The lowest BCUT2D eigenvalue weighted by Gasteiger charge is -2.28. The van der Waals surface area contributed by atoms with Crippen LogP contribution >= 0.6 is 0 Å². The van der Waals surface area contributed by atoms with Gasteiger partial charge in [0.2, 0.25) is 11.8 Å². The Labute approximate surface area is 225 Å². The highest BCUT2D eigenvalue weighted by Crippen LogP contribution is 2.38. The van der Waals surface area contributed by atoms with Crippen LogP contribution in [0.4, 0.5) is 26.2 Å². The largest absolute Gasteiger partial charge is 0.481 e. The van der Waals surface area contributed by atoms with Gasteiger partial charge in [0.25, 0.3) is 5.91 Å². The van der Waals surface area contributed by atoms with Gasteiger partial charge < -0.3 is 25.8 Å². The number of carbonyl (C=O) groups is 2. The number of benzene rings is 1. The van der Waals surface area contributed by atoms with E-state index in [0.29, 0.717) is 31.2 Å². The van der Waals surface area contributed by atoms with Crippen LogP contribution in [0.15, 0.2) is 24.3 Å².